The van der Waals surface area contributed by atoms with Crippen molar-refractivity contribution in [2.24, 2.45) is 0 Å². The van der Waals surface area contributed by atoms with Crippen LogP contribution in [0.4, 0.5) is 56.9 Å². The fraction of sp³-hybridized carbons (Fsp3) is 0. The first kappa shape index (κ1) is 32.3. The molecular weight excluding hydrogens is 612 g/mol. The largest absolute Gasteiger partial charge is 0.508 e. The van der Waals surface area contributed by atoms with Crippen molar-refractivity contribution in [3.8, 4) is 11.5 Å². The van der Waals surface area contributed by atoms with Crippen molar-refractivity contribution in [1.82, 2.24) is 0 Å². The summed E-state index contributed by atoms with van der Waals surface area (Å²) in [7, 11) is 0. The van der Waals surface area contributed by atoms with E-state index in [1.807, 2.05) is 60.7 Å². The van der Waals surface area contributed by atoms with E-state index in [0.29, 0.717) is 28.4 Å². The van der Waals surface area contributed by atoms with Crippen LogP contribution < -0.4 is 21.3 Å². The predicted molar refractivity (Wildman–Crippen MR) is 188 cm³/mol. The molecule has 6 aromatic rings. The van der Waals surface area contributed by atoms with Crippen LogP contribution in [0.15, 0.2) is 146 Å². The zero-order valence-corrected chi connectivity index (χ0v) is 25.3. The third-order valence-electron chi connectivity index (χ3n) is 7.16. The molecule has 0 amide bonds. The van der Waals surface area contributed by atoms with Gasteiger partial charge in [0.15, 0.2) is 0 Å². The number of hydrogen-bond donors (Lipinski definition) is 4. The van der Waals surface area contributed by atoms with Gasteiger partial charge in [0.05, 0.1) is 9.85 Å². The summed E-state index contributed by atoms with van der Waals surface area (Å²) in [5.41, 5.74) is 17.7. The lowest BCUT2D eigenvalue weighted by molar-refractivity contribution is -0.385. The van der Waals surface area contributed by atoms with Gasteiger partial charge in [0.1, 0.15) is 11.5 Å². The Morgan fingerprint density at radius 1 is 0.396 bits per heavy atom. The van der Waals surface area contributed by atoms with E-state index < -0.39 is 9.85 Å². The second kappa shape index (κ2) is 14.3. The summed E-state index contributed by atoms with van der Waals surface area (Å²) in [5, 5.41) is 40.7. The van der Waals surface area contributed by atoms with Gasteiger partial charge in [-0.15, -0.1) is 0 Å². The summed E-state index contributed by atoms with van der Waals surface area (Å²) in [5.74, 6) is 0.333. The highest BCUT2D eigenvalue weighted by molar-refractivity contribution is 5.79. The normalized spacial score (nSPS) is 10.3. The second-order valence-corrected chi connectivity index (χ2v) is 10.4. The molecule has 0 saturated carbocycles. The van der Waals surface area contributed by atoms with Gasteiger partial charge in [-0.25, -0.2) is 0 Å². The lowest BCUT2D eigenvalue weighted by atomic mass is 10.1. The second-order valence-electron chi connectivity index (χ2n) is 10.4. The maximum absolute atomic E-state index is 10.9. The van der Waals surface area contributed by atoms with Crippen molar-refractivity contribution < 1.29 is 20.1 Å². The molecule has 0 aliphatic heterocycles. The summed E-state index contributed by atoms with van der Waals surface area (Å²) < 4.78 is 0. The molecule has 240 valence electrons. The fourth-order valence-corrected chi connectivity index (χ4v) is 4.79. The number of nitrogen functional groups attached to an aromatic ring is 2. The van der Waals surface area contributed by atoms with E-state index in [9.17, 15) is 30.4 Å². The van der Waals surface area contributed by atoms with Crippen LogP contribution in [0.5, 0.6) is 11.5 Å². The first-order valence-electron chi connectivity index (χ1n) is 14.5. The molecule has 0 aliphatic rings. The average Bonchev–Trinajstić information content (AvgIpc) is 3.09. The molecule has 0 heterocycles. The van der Waals surface area contributed by atoms with Crippen LogP contribution in [0, 0.1) is 20.2 Å². The van der Waals surface area contributed by atoms with Gasteiger partial charge in [0, 0.05) is 69.8 Å². The predicted octanol–water partition coefficient (Wildman–Crippen LogP) is 8.70. The Labute approximate surface area is 275 Å². The molecule has 12 nitrogen and oxygen atoms in total. The summed E-state index contributed by atoms with van der Waals surface area (Å²) in [6.45, 7) is 0. The van der Waals surface area contributed by atoms with Crippen LogP contribution in [-0.4, -0.2) is 20.1 Å². The van der Waals surface area contributed by atoms with E-state index in [1.165, 1.54) is 36.4 Å². The van der Waals surface area contributed by atoms with Crippen molar-refractivity contribution in [3.05, 3.63) is 166 Å². The van der Waals surface area contributed by atoms with Crippen molar-refractivity contribution in [1.29, 1.82) is 0 Å². The smallest absolute Gasteiger partial charge is 0.269 e. The standard InChI is InChI=1S/C18H13N3O5.C18H17N3O/c22-18-11-9-15(10-12-18)19(13-1-5-16(6-2-13)20(23)24)14-3-7-17(8-4-14)21(25)26;19-13-1-5-15(6-2-13)21(16-7-3-14(20)4-8-16)17-9-11-18(22)12-10-17/h1-12,22H;1-12,22H,19-20H2. The third-order valence-corrected chi connectivity index (χ3v) is 7.16. The molecule has 6 rings (SSSR count). The summed E-state index contributed by atoms with van der Waals surface area (Å²) in [4.78, 5) is 24.6. The lowest BCUT2D eigenvalue weighted by Crippen LogP contribution is -2.09. The molecule has 0 atom stereocenters. The number of non-ortho nitro benzene ring substituents is 2. The number of benzene rings is 6. The number of nitro benzene ring substituents is 2. The molecule has 0 fully saturated rings. The van der Waals surface area contributed by atoms with Crippen molar-refractivity contribution in [3.63, 3.8) is 0 Å². The Kier molecular flexibility index (Phi) is 9.66. The minimum atomic E-state index is -0.486. The number of nitrogens with two attached hydrogens (primary N) is 2. The molecule has 0 aliphatic carbocycles. The summed E-state index contributed by atoms with van der Waals surface area (Å²) in [6.07, 6.45) is 0. The van der Waals surface area contributed by atoms with E-state index in [0.717, 1.165) is 17.1 Å². The first-order valence-corrected chi connectivity index (χ1v) is 14.5. The Morgan fingerprint density at radius 2 is 0.604 bits per heavy atom. The number of anilines is 8. The quantitative estimate of drug-likeness (QED) is 0.0711. The molecule has 0 spiro atoms. The van der Waals surface area contributed by atoms with Gasteiger partial charge in [-0.05, 0) is 121 Å². The van der Waals surface area contributed by atoms with Gasteiger partial charge in [0.25, 0.3) is 11.4 Å². The maximum atomic E-state index is 10.9. The van der Waals surface area contributed by atoms with Crippen LogP contribution >= 0.6 is 0 Å². The molecule has 12 heteroatoms. The highest BCUT2D eigenvalue weighted by Crippen LogP contribution is 2.37. The number of hydrogen-bond acceptors (Lipinski definition) is 10. The molecule has 48 heavy (non-hydrogen) atoms. The molecule has 6 aromatic carbocycles. The van der Waals surface area contributed by atoms with Gasteiger partial charge < -0.3 is 31.5 Å². The highest BCUT2D eigenvalue weighted by atomic mass is 16.6. The monoisotopic (exact) mass is 642 g/mol. The van der Waals surface area contributed by atoms with E-state index in [1.54, 1.807) is 53.4 Å². The number of nitrogens with zero attached hydrogens (tertiary/aromatic N) is 4. The Hall–Kier alpha value is -7.08. The minimum absolute atomic E-state index is 0.0388. The number of aromatic hydroxyl groups is 2. The van der Waals surface area contributed by atoms with Crippen LogP contribution in [0.1, 0.15) is 0 Å². The van der Waals surface area contributed by atoms with Crippen LogP contribution in [-0.2, 0) is 0 Å². The molecule has 0 unspecified atom stereocenters. The van der Waals surface area contributed by atoms with E-state index in [2.05, 4.69) is 4.90 Å². The summed E-state index contributed by atoms with van der Waals surface area (Å²) >= 11 is 0. The van der Waals surface area contributed by atoms with E-state index in [4.69, 9.17) is 11.5 Å². The van der Waals surface area contributed by atoms with Gasteiger partial charge >= 0.3 is 0 Å². The zero-order chi connectivity index (χ0) is 34.2. The first-order chi connectivity index (χ1) is 23.1. The van der Waals surface area contributed by atoms with Crippen molar-refractivity contribution in [2.75, 3.05) is 21.3 Å². The van der Waals surface area contributed by atoms with Gasteiger partial charge in [0.2, 0.25) is 0 Å². The molecular formula is C36H30N6O6. The topological polar surface area (TPSA) is 185 Å². The lowest BCUT2D eigenvalue weighted by Gasteiger charge is -2.25. The fourth-order valence-electron chi connectivity index (χ4n) is 4.79. The zero-order valence-electron chi connectivity index (χ0n) is 25.3. The number of phenolic OH excluding ortho intramolecular Hbond substituents is 2. The maximum Gasteiger partial charge on any atom is 0.269 e. The van der Waals surface area contributed by atoms with E-state index >= 15 is 0 Å². The van der Waals surface area contributed by atoms with Gasteiger partial charge in [-0.3, -0.25) is 20.2 Å². The Morgan fingerprint density at radius 3 is 0.833 bits per heavy atom. The number of nitro groups is 2. The van der Waals surface area contributed by atoms with Crippen LogP contribution in [0.3, 0.4) is 0 Å². The highest BCUT2D eigenvalue weighted by Gasteiger charge is 2.16. The molecule has 0 saturated heterocycles. The molecule has 0 aromatic heterocycles. The number of rotatable bonds is 8. The van der Waals surface area contributed by atoms with Gasteiger partial charge in [-0.2, -0.15) is 0 Å². The van der Waals surface area contributed by atoms with E-state index in [-0.39, 0.29) is 22.9 Å². The van der Waals surface area contributed by atoms with Gasteiger partial charge in [-0.1, -0.05) is 0 Å². The minimum Gasteiger partial charge on any atom is -0.508 e. The molecule has 6 N–H and O–H groups in total. The average molecular weight is 643 g/mol. The number of phenols is 2. The molecule has 0 radical (unpaired) electrons. The SMILES string of the molecule is Nc1ccc(N(c2ccc(N)cc2)c2ccc(O)cc2)cc1.O=[N+]([O-])c1ccc(N(c2ccc(O)cc2)c2ccc([N+](=O)[O-])cc2)cc1. The summed E-state index contributed by atoms with van der Waals surface area (Å²) in [6, 6.07) is 40.6. The van der Waals surface area contributed by atoms with Crippen molar-refractivity contribution >= 4 is 56.9 Å². The van der Waals surface area contributed by atoms with Crippen LogP contribution in [0.2, 0.25) is 0 Å². The van der Waals surface area contributed by atoms with Crippen LogP contribution in [0.25, 0.3) is 0 Å². The van der Waals surface area contributed by atoms with Crippen molar-refractivity contribution in [2.45, 2.75) is 0 Å². The Bertz CT molecular complexity index is 1820. The molecule has 0 bridgehead atoms. The third kappa shape index (κ3) is 7.76. The Balaban J connectivity index is 0.000000190.